The lowest BCUT2D eigenvalue weighted by Crippen LogP contribution is -2.61. The van der Waals surface area contributed by atoms with Crippen LogP contribution in [0.4, 0.5) is 19.0 Å². The van der Waals surface area contributed by atoms with Crippen LogP contribution >= 0.6 is 11.3 Å². The molecule has 0 radical (unpaired) electrons. The number of halogens is 1. The molecule has 0 saturated carbocycles. The summed E-state index contributed by atoms with van der Waals surface area (Å²) in [5.41, 5.74) is 0.603. The van der Waals surface area contributed by atoms with Crippen molar-refractivity contribution in [1.82, 2.24) is 15.2 Å². The van der Waals surface area contributed by atoms with E-state index in [2.05, 4.69) is 15.7 Å². The summed E-state index contributed by atoms with van der Waals surface area (Å²) < 4.78 is 17.4. The highest BCUT2D eigenvalue weighted by atomic mass is 32.1. The molecular formula is C25H24FN4O4S+. The van der Waals surface area contributed by atoms with Crippen LogP contribution in [0.3, 0.4) is 0 Å². The maximum absolute atomic E-state index is 13.8. The fourth-order valence-electron chi connectivity index (χ4n) is 3.69. The van der Waals surface area contributed by atoms with Gasteiger partial charge in [0.2, 0.25) is 10.8 Å². The summed E-state index contributed by atoms with van der Waals surface area (Å²) in [5, 5.41) is 12.0. The second kappa shape index (κ2) is 9.40. The summed E-state index contributed by atoms with van der Waals surface area (Å²) in [7, 11) is 0. The Labute approximate surface area is 205 Å². The van der Waals surface area contributed by atoms with E-state index in [1.165, 1.54) is 24.3 Å². The molecule has 1 aromatic heterocycles. The minimum Gasteiger partial charge on any atom is -0.418 e. The van der Waals surface area contributed by atoms with Crippen molar-refractivity contribution >= 4 is 40.2 Å². The maximum Gasteiger partial charge on any atom is 0.559 e. The number of nitrogens with zero attached hydrogens (tertiary/aromatic N) is 2. The Kier molecular flexibility index (Phi) is 6.51. The van der Waals surface area contributed by atoms with Crippen LogP contribution in [0, 0.1) is 5.82 Å². The summed E-state index contributed by atoms with van der Waals surface area (Å²) in [4.78, 5) is 39.8. The molecule has 10 heteroatoms. The van der Waals surface area contributed by atoms with Crippen LogP contribution < -0.4 is 15.2 Å². The van der Waals surface area contributed by atoms with E-state index in [0.29, 0.717) is 10.6 Å². The molecule has 35 heavy (non-hydrogen) atoms. The molecule has 0 aliphatic carbocycles. The van der Waals surface area contributed by atoms with Gasteiger partial charge in [0.05, 0.1) is 17.7 Å². The van der Waals surface area contributed by atoms with E-state index in [4.69, 9.17) is 4.74 Å². The quantitative estimate of drug-likeness (QED) is 0.492. The predicted molar refractivity (Wildman–Crippen MR) is 132 cm³/mol. The van der Waals surface area contributed by atoms with Gasteiger partial charge >= 0.3 is 12.1 Å². The lowest BCUT2D eigenvalue weighted by Gasteiger charge is -2.29. The van der Waals surface area contributed by atoms with E-state index in [-0.39, 0.29) is 18.0 Å². The predicted octanol–water partition coefficient (Wildman–Crippen LogP) is 5.10. The number of fused-ring (bicyclic) bond motifs is 1. The third-order valence-corrected chi connectivity index (χ3v) is 6.50. The number of hydrogen-bond acceptors (Lipinski definition) is 6. The molecule has 180 valence electrons. The lowest BCUT2D eigenvalue weighted by atomic mass is 9.94. The molecule has 2 heterocycles. The Morgan fingerprint density at radius 3 is 2.40 bits per heavy atom. The van der Waals surface area contributed by atoms with Crippen molar-refractivity contribution in [3.8, 4) is 0 Å². The van der Waals surface area contributed by atoms with Crippen molar-refractivity contribution in [3.05, 3.63) is 88.6 Å². The van der Waals surface area contributed by atoms with Crippen molar-refractivity contribution in [3.63, 3.8) is 0 Å². The van der Waals surface area contributed by atoms with Gasteiger partial charge in [0.15, 0.2) is 0 Å². The Morgan fingerprint density at radius 1 is 1.06 bits per heavy atom. The molecule has 4 amide bonds. The molecule has 4 rings (SSSR count). The molecule has 1 unspecified atom stereocenters. The van der Waals surface area contributed by atoms with Crippen molar-refractivity contribution in [1.29, 1.82) is 0 Å². The second-order valence-corrected chi connectivity index (χ2v) is 9.20. The van der Waals surface area contributed by atoms with Gasteiger partial charge in [-0.25, -0.2) is 9.18 Å². The number of amides is 4. The van der Waals surface area contributed by atoms with Gasteiger partial charge < -0.3 is 10.1 Å². The van der Waals surface area contributed by atoms with E-state index in [1.807, 2.05) is 44.2 Å². The van der Waals surface area contributed by atoms with Gasteiger partial charge in [-0.2, -0.15) is 4.79 Å². The minimum absolute atomic E-state index is 0.0295. The van der Waals surface area contributed by atoms with Gasteiger partial charge in [-0.1, -0.05) is 41.7 Å². The summed E-state index contributed by atoms with van der Waals surface area (Å²) in [6.45, 7) is 5.29. The number of imide groups is 1. The molecule has 8 nitrogen and oxygen atoms in total. The molecule has 2 aromatic carbocycles. The zero-order valence-electron chi connectivity index (χ0n) is 19.4. The smallest absolute Gasteiger partial charge is 0.418 e. The van der Waals surface area contributed by atoms with Gasteiger partial charge in [-0.3, -0.25) is 10.1 Å². The third-order valence-electron chi connectivity index (χ3n) is 5.52. The third kappa shape index (κ3) is 4.45. The van der Waals surface area contributed by atoms with Gasteiger partial charge in [-0.05, 0) is 67.1 Å². The summed E-state index contributed by atoms with van der Waals surface area (Å²) >= 11 is 1.15. The van der Waals surface area contributed by atoms with Crippen LogP contribution in [0.25, 0.3) is 0 Å². The number of nitrogens with one attached hydrogen (secondary N) is 2. The van der Waals surface area contributed by atoms with E-state index >= 15 is 0 Å². The first-order valence-electron chi connectivity index (χ1n) is 10.9. The standard InChI is InChI=1S/C25H23FN4O4S/c1-4-34-24(33)30(23(32)28-25(2,3)17-8-6-5-7-9-17)22-19(14-15-35-22)20(29-30)27-21(31)16-10-12-18(26)13-11-16/h5-15H,4H2,1-3H3,(H-,27,28,29,31,32)/p+1. The summed E-state index contributed by atoms with van der Waals surface area (Å²) in [6, 6.07) is 15.2. The number of rotatable bonds is 4. The minimum atomic E-state index is -1.13. The van der Waals surface area contributed by atoms with Crippen molar-refractivity contribution in [2.75, 3.05) is 6.61 Å². The fraction of sp³-hybridized carbons (Fsp3) is 0.200. The molecule has 0 bridgehead atoms. The molecule has 3 aromatic rings. The molecule has 1 atom stereocenters. The van der Waals surface area contributed by atoms with E-state index in [0.717, 1.165) is 16.9 Å². The van der Waals surface area contributed by atoms with Crippen LogP contribution in [-0.2, 0) is 10.3 Å². The molecule has 1 aliphatic rings. The Morgan fingerprint density at radius 2 is 1.74 bits per heavy atom. The molecule has 2 N–H and O–H groups in total. The van der Waals surface area contributed by atoms with Gasteiger partial charge in [-0.15, -0.1) is 0 Å². The number of thiophene rings is 1. The number of ether oxygens (including phenoxy) is 1. The van der Waals surface area contributed by atoms with Crippen LogP contribution in [0.5, 0.6) is 0 Å². The highest BCUT2D eigenvalue weighted by molar-refractivity contribution is 7.14. The largest absolute Gasteiger partial charge is 0.559 e. The maximum atomic E-state index is 13.8. The highest BCUT2D eigenvalue weighted by Crippen LogP contribution is 2.41. The summed E-state index contributed by atoms with van der Waals surface area (Å²) in [5.74, 6) is -0.998. The number of hydrogen-bond donors (Lipinski definition) is 2. The second-order valence-electron chi connectivity index (χ2n) is 8.30. The Bertz CT molecular complexity index is 1300. The highest BCUT2D eigenvalue weighted by Gasteiger charge is 2.59. The van der Waals surface area contributed by atoms with Crippen molar-refractivity contribution < 1.29 is 23.5 Å². The van der Waals surface area contributed by atoms with Gasteiger partial charge in [0.25, 0.3) is 5.91 Å². The number of quaternary nitrogens is 1. The molecular weight excluding hydrogens is 471 g/mol. The molecule has 0 fully saturated rings. The monoisotopic (exact) mass is 495 g/mol. The van der Waals surface area contributed by atoms with Crippen LogP contribution in [-0.4, -0.2) is 30.5 Å². The number of urea groups is 1. The number of carbonyl (C=O) groups excluding carboxylic acids is 3. The zero-order valence-corrected chi connectivity index (χ0v) is 20.2. The Balaban J connectivity index is 1.73. The van der Waals surface area contributed by atoms with Crippen molar-refractivity contribution in [2.24, 2.45) is 5.10 Å². The van der Waals surface area contributed by atoms with E-state index in [1.54, 1.807) is 18.4 Å². The zero-order chi connectivity index (χ0) is 25.2. The first-order chi connectivity index (χ1) is 16.7. The van der Waals surface area contributed by atoms with E-state index < -0.39 is 34.0 Å². The van der Waals surface area contributed by atoms with E-state index in [9.17, 15) is 18.8 Å². The van der Waals surface area contributed by atoms with Crippen LogP contribution in [0.15, 0.2) is 71.1 Å². The first kappa shape index (κ1) is 24.2. The number of amidine groups is 1. The summed E-state index contributed by atoms with van der Waals surface area (Å²) in [6.07, 6.45) is -0.899. The number of carbonyl (C=O) groups is 3. The molecule has 1 aliphatic heterocycles. The average molecular weight is 496 g/mol. The van der Waals surface area contributed by atoms with Gasteiger partial charge in [0.1, 0.15) is 5.82 Å². The molecule has 0 saturated heterocycles. The number of benzene rings is 2. The van der Waals surface area contributed by atoms with Crippen molar-refractivity contribution in [2.45, 2.75) is 26.3 Å². The lowest BCUT2D eigenvalue weighted by molar-refractivity contribution is 0.0973. The fourth-order valence-corrected chi connectivity index (χ4v) is 4.67. The SMILES string of the molecule is CCOC(=O)[N+]1(C(=O)NC(C)(C)c2ccccc2)N=C(NC(=O)c2ccc(F)cc2)c2ccsc21. The molecule has 0 spiro atoms. The van der Waals surface area contributed by atoms with Gasteiger partial charge in [0, 0.05) is 10.2 Å². The van der Waals surface area contributed by atoms with Crippen LogP contribution in [0.1, 0.15) is 42.3 Å². The Hall–Kier alpha value is -3.89. The van der Waals surface area contributed by atoms with Crippen LogP contribution in [0.2, 0.25) is 0 Å². The normalized spacial score (nSPS) is 16.7. The average Bonchev–Trinajstić information content (AvgIpc) is 3.43. The first-order valence-corrected chi connectivity index (χ1v) is 11.8. The topological polar surface area (TPSA) is 96.9 Å².